The molecule has 2 rings (SSSR count). The summed E-state index contributed by atoms with van der Waals surface area (Å²) in [6.45, 7) is -0.171. The molecule has 0 radical (unpaired) electrons. The van der Waals surface area contributed by atoms with Crippen LogP contribution in [0.25, 0.3) is 6.08 Å². The number of alkyl halides is 3. The van der Waals surface area contributed by atoms with Crippen molar-refractivity contribution < 1.29 is 30.5 Å². The SMILES string of the molecule is O=S(=O)(Oc1ncnc2c1COC=C2)C(F)(F)F. The first-order chi connectivity index (χ1) is 8.31. The van der Waals surface area contributed by atoms with Crippen LogP contribution in [0.1, 0.15) is 11.3 Å². The molecule has 0 N–H and O–H groups in total. The molecule has 0 saturated heterocycles. The zero-order valence-corrected chi connectivity index (χ0v) is 9.33. The largest absolute Gasteiger partial charge is 0.534 e. The maximum atomic E-state index is 12.1. The molecule has 0 unspecified atom stereocenters. The van der Waals surface area contributed by atoms with E-state index < -0.39 is 21.5 Å². The highest BCUT2D eigenvalue weighted by atomic mass is 32.2. The van der Waals surface area contributed by atoms with Crippen LogP contribution in [0.15, 0.2) is 12.6 Å². The number of aromatic nitrogens is 2. The molecular formula is C8H5F3N2O4S. The topological polar surface area (TPSA) is 78.4 Å². The molecule has 0 amide bonds. The van der Waals surface area contributed by atoms with E-state index in [0.717, 1.165) is 6.33 Å². The molecule has 0 bridgehead atoms. The number of rotatable bonds is 2. The fourth-order valence-corrected chi connectivity index (χ4v) is 1.60. The third kappa shape index (κ3) is 2.23. The molecule has 1 aliphatic rings. The lowest BCUT2D eigenvalue weighted by molar-refractivity contribution is -0.0502. The Bertz CT molecular complexity index is 597. The van der Waals surface area contributed by atoms with E-state index in [-0.39, 0.29) is 17.9 Å². The molecule has 10 heteroatoms. The van der Waals surface area contributed by atoms with Crippen molar-refractivity contribution in [1.29, 1.82) is 0 Å². The molecule has 0 aliphatic carbocycles. The van der Waals surface area contributed by atoms with Gasteiger partial charge in [-0.25, -0.2) is 9.97 Å². The predicted molar refractivity (Wildman–Crippen MR) is 51.5 cm³/mol. The highest BCUT2D eigenvalue weighted by Gasteiger charge is 2.49. The second-order valence-corrected chi connectivity index (χ2v) is 4.68. The number of nitrogens with zero attached hydrogens (tertiary/aromatic N) is 2. The number of hydrogen-bond acceptors (Lipinski definition) is 6. The van der Waals surface area contributed by atoms with Crippen molar-refractivity contribution in [3.63, 3.8) is 0 Å². The number of fused-ring (bicyclic) bond motifs is 1. The lowest BCUT2D eigenvalue weighted by Gasteiger charge is -2.14. The van der Waals surface area contributed by atoms with Gasteiger partial charge in [0.2, 0.25) is 5.88 Å². The predicted octanol–water partition coefficient (Wildman–Crippen LogP) is 1.21. The third-order valence-electron chi connectivity index (χ3n) is 1.96. The van der Waals surface area contributed by atoms with Gasteiger partial charge >= 0.3 is 15.6 Å². The highest BCUT2D eigenvalue weighted by Crippen LogP contribution is 2.29. The Morgan fingerprint density at radius 3 is 2.72 bits per heavy atom. The molecule has 2 heterocycles. The van der Waals surface area contributed by atoms with Crippen molar-refractivity contribution in [2.24, 2.45) is 0 Å². The van der Waals surface area contributed by atoms with Crippen LogP contribution in [0.2, 0.25) is 0 Å². The zero-order valence-electron chi connectivity index (χ0n) is 8.51. The van der Waals surface area contributed by atoms with Gasteiger partial charge in [0.1, 0.15) is 12.9 Å². The van der Waals surface area contributed by atoms with Crippen molar-refractivity contribution >= 4 is 16.2 Å². The summed E-state index contributed by atoms with van der Waals surface area (Å²) in [7, 11) is -5.75. The fourth-order valence-electron chi connectivity index (χ4n) is 1.16. The summed E-state index contributed by atoms with van der Waals surface area (Å²) < 4.78 is 66.9. The van der Waals surface area contributed by atoms with Crippen LogP contribution >= 0.6 is 0 Å². The summed E-state index contributed by atoms with van der Waals surface area (Å²) in [4.78, 5) is 7.10. The molecule has 0 spiro atoms. The van der Waals surface area contributed by atoms with Crippen molar-refractivity contribution in [1.82, 2.24) is 9.97 Å². The molecule has 18 heavy (non-hydrogen) atoms. The van der Waals surface area contributed by atoms with Crippen molar-refractivity contribution in [2.75, 3.05) is 0 Å². The Morgan fingerprint density at radius 2 is 2.06 bits per heavy atom. The Labute approximate surface area is 99.2 Å². The van der Waals surface area contributed by atoms with Gasteiger partial charge in [0, 0.05) is 0 Å². The molecule has 0 aromatic carbocycles. The summed E-state index contributed by atoms with van der Waals surface area (Å²) in [5.74, 6) is -0.693. The van der Waals surface area contributed by atoms with Gasteiger partial charge in [-0.2, -0.15) is 21.6 Å². The summed E-state index contributed by atoms with van der Waals surface area (Å²) in [5.41, 5.74) is -5.24. The Morgan fingerprint density at radius 1 is 1.33 bits per heavy atom. The standard InChI is InChI=1S/C8H5F3N2O4S/c9-8(10,11)18(14,15)17-7-5-3-16-2-1-6(5)12-4-13-7/h1-2,4H,3H2. The summed E-state index contributed by atoms with van der Waals surface area (Å²) in [6.07, 6.45) is 3.53. The van der Waals surface area contributed by atoms with Crippen LogP contribution in [-0.4, -0.2) is 23.9 Å². The third-order valence-corrected chi connectivity index (χ3v) is 2.91. The van der Waals surface area contributed by atoms with Gasteiger partial charge in [-0.1, -0.05) is 0 Å². The molecule has 6 nitrogen and oxygen atoms in total. The maximum absolute atomic E-state index is 12.1. The number of ether oxygens (including phenoxy) is 1. The first-order valence-electron chi connectivity index (χ1n) is 4.44. The fraction of sp³-hybridized carbons (Fsp3) is 0.250. The van der Waals surface area contributed by atoms with Crippen LogP contribution in [0.3, 0.4) is 0 Å². The average Bonchev–Trinajstić information content (AvgIpc) is 2.27. The molecule has 0 fully saturated rings. The van der Waals surface area contributed by atoms with E-state index >= 15 is 0 Å². The van der Waals surface area contributed by atoms with E-state index in [1.165, 1.54) is 12.3 Å². The van der Waals surface area contributed by atoms with Gasteiger partial charge in [-0.15, -0.1) is 0 Å². The summed E-state index contributed by atoms with van der Waals surface area (Å²) >= 11 is 0. The van der Waals surface area contributed by atoms with E-state index in [9.17, 15) is 21.6 Å². The van der Waals surface area contributed by atoms with Gasteiger partial charge in [-0.05, 0) is 6.08 Å². The minimum absolute atomic E-state index is 0.0350. The lowest BCUT2D eigenvalue weighted by Crippen LogP contribution is -2.29. The molecular weight excluding hydrogens is 277 g/mol. The van der Waals surface area contributed by atoms with Crippen LogP contribution in [-0.2, 0) is 21.5 Å². The quantitative estimate of drug-likeness (QED) is 0.599. The molecule has 1 aliphatic heterocycles. The van der Waals surface area contributed by atoms with E-state index in [0.29, 0.717) is 0 Å². The zero-order chi connectivity index (χ0) is 13.4. The van der Waals surface area contributed by atoms with Crippen molar-refractivity contribution in [3.8, 4) is 5.88 Å². The Kier molecular flexibility index (Phi) is 2.89. The number of hydrogen-bond donors (Lipinski definition) is 0. The van der Waals surface area contributed by atoms with Crippen LogP contribution in [0.5, 0.6) is 5.88 Å². The van der Waals surface area contributed by atoms with Crippen LogP contribution in [0, 0.1) is 0 Å². The Balaban J connectivity index is 2.40. The normalized spacial score (nSPS) is 14.8. The minimum atomic E-state index is -5.75. The van der Waals surface area contributed by atoms with Gasteiger partial charge in [0.25, 0.3) is 0 Å². The molecule has 98 valence electrons. The van der Waals surface area contributed by atoms with Gasteiger partial charge in [0.15, 0.2) is 0 Å². The van der Waals surface area contributed by atoms with E-state index in [1.54, 1.807) is 0 Å². The minimum Gasteiger partial charge on any atom is -0.496 e. The van der Waals surface area contributed by atoms with Gasteiger partial charge in [0.05, 0.1) is 17.5 Å². The van der Waals surface area contributed by atoms with Crippen LogP contribution < -0.4 is 4.18 Å². The van der Waals surface area contributed by atoms with Crippen LogP contribution in [0.4, 0.5) is 13.2 Å². The summed E-state index contributed by atoms with van der Waals surface area (Å²) in [5, 5.41) is 0. The Hall–Kier alpha value is -1.84. The van der Waals surface area contributed by atoms with Gasteiger partial charge < -0.3 is 8.92 Å². The molecule has 0 atom stereocenters. The number of halogens is 3. The molecule has 1 aromatic heterocycles. The second-order valence-electron chi connectivity index (χ2n) is 3.14. The first-order valence-corrected chi connectivity index (χ1v) is 5.85. The van der Waals surface area contributed by atoms with E-state index in [2.05, 4.69) is 14.2 Å². The second kappa shape index (κ2) is 4.12. The van der Waals surface area contributed by atoms with Crippen molar-refractivity contribution in [2.45, 2.75) is 12.1 Å². The summed E-state index contributed by atoms with van der Waals surface area (Å²) in [6, 6.07) is 0. The average molecular weight is 282 g/mol. The smallest absolute Gasteiger partial charge is 0.496 e. The monoisotopic (exact) mass is 282 g/mol. The highest BCUT2D eigenvalue weighted by molar-refractivity contribution is 7.87. The molecule has 0 saturated carbocycles. The lowest BCUT2D eigenvalue weighted by atomic mass is 10.2. The van der Waals surface area contributed by atoms with E-state index in [4.69, 9.17) is 4.74 Å². The maximum Gasteiger partial charge on any atom is 0.534 e. The van der Waals surface area contributed by atoms with E-state index in [1.807, 2.05) is 0 Å². The van der Waals surface area contributed by atoms with Crippen molar-refractivity contribution in [3.05, 3.63) is 23.8 Å². The first kappa shape index (κ1) is 12.6. The van der Waals surface area contributed by atoms with Gasteiger partial charge in [-0.3, -0.25) is 0 Å². The molecule has 1 aromatic rings.